The van der Waals surface area contributed by atoms with E-state index in [0.29, 0.717) is 6.42 Å². The second kappa shape index (κ2) is 10.2. The zero-order chi connectivity index (χ0) is 20.6. The summed E-state index contributed by atoms with van der Waals surface area (Å²) in [6, 6.07) is 7.75. The second-order valence-corrected chi connectivity index (χ2v) is 9.19. The zero-order valence-corrected chi connectivity index (χ0v) is 16.7. The Balaban J connectivity index is 1.86. The van der Waals surface area contributed by atoms with Crippen molar-refractivity contribution >= 4 is 33.4 Å². The monoisotopic (exact) mass is 409 g/mol. The van der Waals surface area contributed by atoms with Gasteiger partial charge >= 0.3 is 0 Å². The van der Waals surface area contributed by atoms with Gasteiger partial charge in [0.25, 0.3) is 5.91 Å². The summed E-state index contributed by atoms with van der Waals surface area (Å²) in [5.41, 5.74) is 3.43. The van der Waals surface area contributed by atoms with Gasteiger partial charge in [0.1, 0.15) is 9.84 Å². The van der Waals surface area contributed by atoms with Gasteiger partial charge in [-0.15, -0.1) is 0 Å². The van der Waals surface area contributed by atoms with E-state index in [-0.39, 0.29) is 24.1 Å². The normalized spacial score (nSPS) is 15.6. The van der Waals surface area contributed by atoms with Crippen molar-refractivity contribution in [3.63, 3.8) is 0 Å². The minimum Gasteiger partial charge on any atom is -0.371 e. The predicted octanol–water partition coefficient (Wildman–Crippen LogP) is 1.12. The van der Waals surface area contributed by atoms with Gasteiger partial charge in [-0.2, -0.15) is 0 Å². The number of para-hydroxylation sites is 1. The van der Waals surface area contributed by atoms with E-state index in [1.807, 2.05) is 24.3 Å². The van der Waals surface area contributed by atoms with Crippen LogP contribution < -0.4 is 15.7 Å². The smallest absolute Gasteiger partial charge is 0.267 e. The molecule has 1 aliphatic rings. The molecule has 3 N–H and O–H groups in total. The molecule has 9 heteroatoms. The van der Waals surface area contributed by atoms with E-state index in [2.05, 4.69) is 10.2 Å². The number of benzene rings is 1. The number of hydroxylamine groups is 1. The first-order chi connectivity index (χ1) is 13.3. The van der Waals surface area contributed by atoms with E-state index >= 15 is 0 Å². The molecule has 1 heterocycles. The summed E-state index contributed by atoms with van der Waals surface area (Å²) in [7, 11) is -3.04. The van der Waals surface area contributed by atoms with Gasteiger partial charge in [-0.05, 0) is 37.0 Å². The average molecular weight is 410 g/mol. The highest BCUT2D eigenvalue weighted by Gasteiger charge is 2.22. The molecule has 0 radical (unpaired) electrons. The Hall–Kier alpha value is -2.39. The van der Waals surface area contributed by atoms with Crippen LogP contribution in [0.1, 0.15) is 31.2 Å². The average Bonchev–Trinajstić information content (AvgIpc) is 2.66. The minimum atomic E-state index is -3.04. The molecule has 0 bridgehead atoms. The number of rotatable bonds is 8. The first-order valence-electron chi connectivity index (χ1n) is 9.21. The van der Waals surface area contributed by atoms with Gasteiger partial charge in [0.05, 0.1) is 5.75 Å². The number of amides is 2. The summed E-state index contributed by atoms with van der Waals surface area (Å²) in [6.45, 7) is 1.51. The fourth-order valence-electron chi connectivity index (χ4n) is 3.18. The summed E-state index contributed by atoms with van der Waals surface area (Å²) < 4.78 is 22.3. The van der Waals surface area contributed by atoms with Gasteiger partial charge in [0.2, 0.25) is 5.91 Å². The molecule has 0 atom stereocenters. The standard InChI is InChI=1S/C19H27N3O5S/c1-28(26,27)14-4-7-18(23)20-16-10-12-22(13-11-16)17-6-3-2-5-15(17)8-9-19(24)21-25/h2-3,5-6,8-9,16,25H,4,7,10-14H2,1H3,(H,20,23)(H,21,24). The van der Waals surface area contributed by atoms with E-state index in [1.54, 1.807) is 11.6 Å². The number of carbonyl (C=O) groups excluding carboxylic acids is 2. The van der Waals surface area contributed by atoms with E-state index in [0.717, 1.165) is 37.2 Å². The molecule has 2 amide bonds. The molecule has 1 aromatic rings. The minimum absolute atomic E-state index is 0.0253. The maximum Gasteiger partial charge on any atom is 0.267 e. The van der Waals surface area contributed by atoms with Gasteiger partial charge in [-0.3, -0.25) is 14.8 Å². The third-order valence-corrected chi connectivity index (χ3v) is 5.61. The topological polar surface area (TPSA) is 116 Å². The fraction of sp³-hybridized carbons (Fsp3) is 0.474. The molecule has 0 saturated carbocycles. The number of hydrogen-bond acceptors (Lipinski definition) is 6. The third kappa shape index (κ3) is 7.32. The molecule has 28 heavy (non-hydrogen) atoms. The van der Waals surface area contributed by atoms with Crippen LogP contribution in [0.3, 0.4) is 0 Å². The number of hydrogen-bond donors (Lipinski definition) is 3. The highest BCUT2D eigenvalue weighted by Crippen LogP contribution is 2.25. The maximum atomic E-state index is 12.0. The van der Waals surface area contributed by atoms with Crippen LogP contribution in [0.5, 0.6) is 0 Å². The highest BCUT2D eigenvalue weighted by molar-refractivity contribution is 7.90. The maximum absolute atomic E-state index is 12.0. The molecule has 2 rings (SSSR count). The first kappa shape index (κ1) is 21.9. The van der Waals surface area contributed by atoms with Crippen molar-refractivity contribution in [1.29, 1.82) is 0 Å². The van der Waals surface area contributed by atoms with Crippen molar-refractivity contribution in [3.8, 4) is 0 Å². The molecule has 0 unspecified atom stereocenters. The number of nitrogens with one attached hydrogen (secondary N) is 2. The second-order valence-electron chi connectivity index (χ2n) is 6.93. The summed E-state index contributed by atoms with van der Waals surface area (Å²) in [5, 5.41) is 11.6. The van der Waals surface area contributed by atoms with Gasteiger partial charge in [0.15, 0.2) is 0 Å². The molecule has 1 fully saturated rings. The van der Waals surface area contributed by atoms with Crippen molar-refractivity contribution in [2.75, 3.05) is 30.0 Å². The molecule has 1 aromatic carbocycles. The van der Waals surface area contributed by atoms with Crippen molar-refractivity contribution < 1.29 is 23.2 Å². The van der Waals surface area contributed by atoms with Crippen LogP contribution in [0, 0.1) is 0 Å². The quantitative estimate of drug-likeness (QED) is 0.337. The van der Waals surface area contributed by atoms with Crippen LogP contribution in [0.25, 0.3) is 6.08 Å². The van der Waals surface area contributed by atoms with Crippen LogP contribution in [0.2, 0.25) is 0 Å². The fourth-order valence-corrected chi connectivity index (χ4v) is 3.85. The SMILES string of the molecule is CS(=O)(=O)CCCC(=O)NC1CCN(c2ccccc2C=CC(=O)NO)CC1. The zero-order valence-electron chi connectivity index (χ0n) is 15.9. The Kier molecular flexibility index (Phi) is 8.01. The van der Waals surface area contributed by atoms with Crippen LogP contribution in [-0.4, -0.2) is 56.6 Å². The Bertz CT molecular complexity index is 815. The van der Waals surface area contributed by atoms with Crippen molar-refractivity contribution in [2.45, 2.75) is 31.7 Å². The number of sulfone groups is 1. The molecular formula is C19H27N3O5S. The lowest BCUT2D eigenvalue weighted by molar-refractivity contribution is -0.124. The molecular weight excluding hydrogens is 382 g/mol. The summed E-state index contributed by atoms with van der Waals surface area (Å²) in [6.07, 6.45) is 6.21. The van der Waals surface area contributed by atoms with Crippen molar-refractivity contribution in [1.82, 2.24) is 10.8 Å². The highest BCUT2D eigenvalue weighted by atomic mass is 32.2. The molecule has 0 spiro atoms. The van der Waals surface area contributed by atoms with Crippen molar-refractivity contribution in [3.05, 3.63) is 35.9 Å². The number of carbonyl (C=O) groups is 2. The van der Waals surface area contributed by atoms with Gasteiger partial charge < -0.3 is 10.2 Å². The molecule has 8 nitrogen and oxygen atoms in total. The van der Waals surface area contributed by atoms with Crippen LogP contribution in [0.15, 0.2) is 30.3 Å². The lowest BCUT2D eigenvalue weighted by Gasteiger charge is -2.34. The van der Waals surface area contributed by atoms with E-state index < -0.39 is 15.7 Å². The molecule has 1 aliphatic heterocycles. The van der Waals surface area contributed by atoms with Gasteiger partial charge in [-0.1, -0.05) is 18.2 Å². The molecule has 154 valence electrons. The summed E-state index contributed by atoms with van der Waals surface area (Å²) in [5.74, 6) is -0.676. The number of nitrogens with zero attached hydrogens (tertiary/aromatic N) is 1. The van der Waals surface area contributed by atoms with Crippen molar-refractivity contribution in [2.24, 2.45) is 0 Å². The Morgan fingerprint density at radius 1 is 1.25 bits per heavy atom. The number of anilines is 1. The third-order valence-electron chi connectivity index (χ3n) is 4.58. The van der Waals surface area contributed by atoms with E-state index in [9.17, 15) is 18.0 Å². The van der Waals surface area contributed by atoms with E-state index in [4.69, 9.17) is 5.21 Å². The Morgan fingerprint density at radius 2 is 1.93 bits per heavy atom. The summed E-state index contributed by atoms with van der Waals surface area (Å²) in [4.78, 5) is 25.4. The largest absolute Gasteiger partial charge is 0.371 e. The van der Waals surface area contributed by atoms with Gasteiger partial charge in [-0.25, -0.2) is 13.9 Å². The molecule has 0 aromatic heterocycles. The van der Waals surface area contributed by atoms with Crippen LogP contribution >= 0.6 is 0 Å². The first-order valence-corrected chi connectivity index (χ1v) is 11.3. The van der Waals surface area contributed by atoms with Gasteiger partial charge in [0, 0.05) is 43.6 Å². The molecule has 0 aliphatic carbocycles. The van der Waals surface area contributed by atoms with Crippen LogP contribution in [0.4, 0.5) is 5.69 Å². The lowest BCUT2D eigenvalue weighted by atomic mass is 10.0. The Labute approximate surface area is 165 Å². The number of piperidine rings is 1. The van der Waals surface area contributed by atoms with Crippen LogP contribution in [-0.2, 0) is 19.4 Å². The summed E-state index contributed by atoms with van der Waals surface area (Å²) >= 11 is 0. The lowest BCUT2D eigenvalue weighted by Crippen LogP contribution is -2.44. The van der Waals surface area contributed by atoms with E-state index in [1.165, 1.54) is 12.3 Å². The molecule has 1 saturated heterocycles. The predicted molar refractivity (Wildman–Crippen MR) is 108 cm³/mol. The Morgan fingerprint density at radius 3 is 2.57 bits per heavy atom.